The molecule has 2 heterocycles. The lowest BCUT2D eigenvalue weighted by molar-refractivity contribution is 0.493. The summed E-state index contributed by atoms with van der Waals surface area (Å²) in [4.78, 5) is 4.16. The van der Waals surface area contributed by atoms with Crippen LogP contribution < -0.4 is 5.32 Å². The molecule has 1 aliphatic heterocycles. The van der Waals surface area contributed by atoms with Gasteiger partial charge in [0.25, 0.3) is 0 Å². The van der Waals surface area contributed by atoms with Crippen LogP contribution in [0.15, 0.2) is 18.5 Å². The Balaban J connectivity index is 2.47. The van der Waals surface area contributed by atoms with Crippen LogP contribution in [0.1, 0.15) is 36.9 Å². The van der Waals surface area contributed by atoms with Gasteiger partial charge >= 0.3 is 0 Å². The summed E-state index contributed by atoms with van der Waals surface area (Å²) in [5.41, 5.74) is 2.81. The number of fused-ring (bicyclic) bond motifs is 1. The van der Waals surface area contributed by atoms with Gasteiger partial charge < -0.3 is 5.32 Å². The zero-order chi connectivity index (χ0) is 8.55. The third kappa shape index (κ3) is 1.12. The summed E-state index contributed by atoms with van der Waals surface area (Å²) in [5.74, 6) is 0.602. The van der Waals surface area contributed by atoms with Gasteiger partial charge in [-0.05, 0) is 30.0 Å². The third-order valence-electron chi connectivity index (χ3n) is 2.61. The van der Waals surface area contributed by atoms with E-state index in [4.69, 9.17) is 0 Å². The summed E-state index contributed by atoms with van der Waals surface area (Å²) in [5, 5.41) is 3.46. The van der Waals surface area contributed by atoms with Crippen LogP contribution in [0.3, 0.4) is 0 Å². The predicted molar refractivity (Wildman–Crippen MR) is 49.1 cm³/mol. The summed E-state index contributed by atoms with van der Waals surface area (Å²) in [7, 11) is 0. The van der Waals surface area contributed by atoms with Gasteiger partial charge in [0, 0.05) is 25.0 Å². The number of nitrogens with one attached hydrogen (secondary N) is 1. The van der Waals surface area contributed by atoms with E-state index in [-0.39, 0.29) is 0 Å². The second-order valence-electron chi connectivity index (χ2n) is 3.54. The van der Waals surface area contributed by atoms with Gasteiger partial charge in [-0.25, -0.2) is 0 Å². The van der Waals surface area contributed by atoms with Gasteiger partial charge in [0.2, 0.25) is 0 Å². The molecule has 0 aliphatic carbocycles. The van der Waals surface area contributed by atoms with E-state index in [0.717, 1.165) is 6.54 Å². The van der Waals surface area contributed by atoms with Crippen molar-refractivity contribution in [1.29, 1.82) is 0 Å². The minimum atomic E-state index is 0.485. The van der Waals surface area contributed by atoms with Crippen molar-refractivity contribution in [3.63, 3.8) is 0 Å². The van der Waals surface area contributed by atoms with Crippen molar-refractivity contribution in [1.82, 2.24) is 10.3 Å². The molecule has 0 radical (unpaired) electrons. The molecule has 12 heavy (non-hydrogen) atoms. The molecule has 0 amide bonds. The predicted octanol–water partition coefficient (Wildman–Crippen LogP) is 1.85. The minimum Gasteiger partial charge on any atom is -0.310 e. The van der Waals surface area contributed by atoms with Crippen LogP contribution in [0.4, 0.5) is 0 Å². The second kappa shape index (κ2) is 2.87. The molecular weight excluding hydrogens is 148 g/mol. The summed E-state index contributed by atoms with van der Waals surface area (Å²) in [6, 6.07) is 2.60. The Kier molecular flexibility index (Phi) is 1.85. The number of pyridine rings is 1. The minimum absolute atomic E-state index is 0.485. The van der Waals surface area contributed by atoms with Crippen molar-refractivity contribution in [3.05, 3.63) is 29.6 Å². The van der Waals surface area contributed by atoms with Crippen molar-refractivity contribution < 1.29 is 0 Å². The monoisotopic (exact) mass is 162 g/mol. The van der Waals surface area contributed by atoms with Crippen LogP contribution >= 0.6 is 0 Å². The van der Waals surface area contributed by atoms with Crippen molar-refractivity contribution >= 4 is 0 Å². The second-order valence-corrected chi connectivity index (χ2v) is 3.54. The van der Waals surface area contributed by atoms with Crippen molar-refractivity contribution in [3.8, 4) is 0 Å². The lowest BCUT2D eigenvalue weighted by Gasteiger charge is -2.28. The summed E-state index contributed by atoms with van der Waals surface area (Å²) >= 11 is 0. The molecule has 64 valence electrons. The highest BCUT2D eigenvalue weighted by Crippen LogP contribution is 2.27. The first-order chi connectivity index (χ1) is 5.79. The van der Waals surface area contributed by atoms with Crippen LogP contribution in [0.5, 0.6) is 0 Å². The Hall–Kier alpha value is -0.890. The maximum absolute atomic E-state index is 4.16. The van der Waals surface area contributed by atoms with Crippen LogP contribution in [0.2, 0.25) is 0 Å². The molecule has 0 saturated heterocycles. The normalized spacial score (nSPS) is 28.2. The first kappa shape index (κ1) is 7.74. The molecule has 2 nitrogen and oxygen atoms in total. The quantitative estimate of drug-likeness (QED) is 0.629. The Labute approximate surface area is 73.0 Å². The standard InChI is InChI=1S/C10H14N2/c1-7-5-12-8(2)9-3-4-11-6-10(7)9/h3-4,6-8,12H,5H2,1-2H3. The molecule has 1 aromatic rings. The Morgan fingerprint density at radius 2 is 2.25 bits per heavy atom. The largest absolute Gasteiger partial charge is 0.310 e. The maximum Gasteiger partial charge on any atom is 0.0306 e. The molecule has 2 rings (SSSR count). The number of hydrogen-bond acceptors (Lipinski definition) is 2. The zero-order valence-corrected chi connectivity index (χ0v) is 7.54. The highest BCUT2D eigenvalue weighted by atomic mass is 14.9. The van der Waals surface area contributed by atoms with E-state index in [1.807, 2.05) is 12.4 Å². The van der Waals surface area contributed by atoms with E-state index in [0.29, 0.717) is 12.0 Å². The maximum atomic E-state index is 4.16. The smallest absolute Gasteiger partial charge is 0.0306 e. The molecule has 0 aromatic carbocycles. The lowest BCUT2D eigenvalue weighted by Crippen LogP contribution is -2.30. The van der Waals surface area contributed by atoms with E-state index in [9.17, 15) is 0 Å². The zero-order valence-electron chi connectivity index (χ0n) is 7.54. The fourth-order valence-corrected chi connectivity index (χ4v) is 1.80. The Morgan fingerprint density at radius 1 is 1.42 bits per heavy atom. The van der Waals surface area contributed by atoms with Gasteiger partial charge in [0.05, 0.1) is 0 Å². The highest BCUT2D eigenvalue weighted by Gasteiger charge is 2.20. The van der Waals surface area contributed by atoms with Crippen LogP contribution in [-0.4, -0.2) is 11.5 Å². The molecule has 0 saturated carbocycles. The van der Waals surface area contributed by atoms with Gasteiger partial charge in [-0.3, -0.25) is 4.98 Å². The van der Waals surface area contributed by atoms with Crippen molar-refractivity contribution in [2.75, 3.05) is 6.54 Å². The van der Waals surface area contributed by atoms with E-state index < -0.39 is 0 Å². The van der Waals surface area contributed by atoms with Gasteiger partial charge in [-0.2, -0.15) is 0 Å². The first-order valence-electron chi connectivity index (χ1n) is 4.46. The summed E-state index contributed by atoms with van der Waals surface area (Å²) in [6.45, 7) is 5.50. The molecule has 0 spiro atoms. The fraction of sp³-hybridized carbons (Fsp3) is 0.500. The van der Waals surface area contributed by atoms with Gasteiger partial charge in [0.1, 0.15) is 0 Å². The molecule has 0 bridgehead atoms. The molecule has 2 atom stereocenters. The van der Waals surface area contributed by atoms with Crippen LogP contribution in [0, 0.1) is 0 Å². The van der Waals surface area contributed by atoms with E-state index in [2.05, 4.69) is 30.2 Å². The Bertz CT molecular complexity index is 254. The summed E-state index contributed by atoms with van der Waals surface area (Å²) < 4.78 is 0. The molecule has 1 aromatic heterocycles. The molecule has 2 heteroatoms. The third-order valence-corrected chi connectivity index (χ3v) is 2.61. The van der Waals surface area contributed by atoms with Gasteiger partial charge in [-0.1, -0.05) is 6.92 Å². The lowest BCUT2D eigenvalue weighted by atomic mass is 9.90. The average Bonchev–Trinajstić information content (AvgIpc) is 2.12. The number of rotatable bonds is 0. The first-order valence-corrected chi connectivity index (χ1v) is 4.46. The van der Waals surface area contributed by atoms with E-state index in [1.54, 1.807) is 0 Å². The molecule has 2 unspecified atom stereocenters. The number of hydrogen-bond donors (Lipinski definition) is 1. The van der Waals surface area contributed by atoms with Crippen molar-refractivity contribution in [2.24, 2.45) is 0 Å². The molecule has 1 aliphatic rings. The van der Waals surface area contributed by atoms with E-state index >= 15 is 0 Å². The highest BCUT2D eigenvalue weighted by molar-refractivity contribution is 5.31. The van der Waals surface area contributed by atoms with E-state index in [1.165, 1.54) is 11.1 Å². The van der Waals surface area contributed by atoms with Gasteiger partial charge in [-0.15, -0.1) is 0 Å². The molecule has 1 N–H and O–H groups in total. The Morgan fingerprint density at radius 3 is 3.00 bits per heavy atom. The van der Waals surface area contributed by atoms with Gasteiger partial charge in [0.15, 0.2) is 0 Å². The van der Waals surface area contributed by atoms with Crippen molar-refractivity contribution in [2.45, 2.75) is 25.8 Å². The summed E-state index contributed by atoms with van der Waals surface area (Å²) in [6.07, 6.45) is 3.87. The average molecular weight is 162 g/mol. The number of nitrogens with zero attached hydrogens (tertiary/aromatic N) is 1. The molecule has 0 fully saturated rings. The fourth-order valence-electron chi connectivity index (χ4n) is 1.80. The van der Waals surface area contributed by atoms with Crippen LogP contribution in [-0.2, 0) is 0 Å². The number of aromatic nitrogens is 1. The SMILES string of the molecule is CC1CNC(C)c2ccncc21. The molecular formula is C10H14N2. The van der Waals surface area contributed by atoms with Crippen LogP contribution in [0.25, 0.3) is 0 Å². The topological polar surface area (TPSA) is 24.9 Å².